The lowest BCUT2D eigenvalue weighted by Gasteiger charge is -2.40. The summed E-state index contributed by atoms with van der Waals surface area (Å²) < 4.78 is 53.3. The smallest absolute Gasteiger partial charge is 0.338 e. The van der Waals surface area contributed by atoms with Gasteiger partial charge >= 0.3 is 11.9 Å². The summed E-state index contributed by atoms with van der Waals surface area (Å²) in [5, 5.41) is 5.21. The van der Waals surface area contributed by atoms with Crippen LogP contribution in [-0.4, -0.2) is 66.0 Å². The molecule has 10 nitrogen and oxygen atoms in total. The predicted molar refractivity (Wildman–Crippen MR) is 165 cm³/mol. The molecule has 1 aromatic carbocycles. The fourth-order valence-corrected chi connectivity index (χ4v) is 8.66. The van der Waals surface area contributed by atoms with Crippen molar-refractivity contribution in [3.63, 3.8) is 0 Å². The lowest BCUT2D eigenvalue weighted by Crippen LogP contribution is -2.50. The fourth-order valence-electron chi connectivity index (χ4n) is 5.71. The number of piperidine rings is 1. The Kier molecular flexibility index (Phi) is 9.50. The molecule has 5 rings (SSSR count). The van der Waals surface area contributed by atoms with E-state index < -0.39 is 44.6 Å². The number of hydrogen-bond donors (Lipinski definition) is 1. The Morgan fingerprint density at radius 1 is 1.20 bits per heavy atom. The number of carbonyl (C=O) groups excluding carboxylic acids is 2. The van der Waals surface area contributed by atoms with E-state index in [1.165, 1.54) is 33.8 Å². The molecule has 2 aliphatic heterocycles. The van der Waals surface area contributed by atoms with Crippen molar-refractivity contribution in [3.05, 3.63) is 62.5 Å². The number of amidine groups is 1. The Bertz CT molecular complexity index is 1570. The summed E-state index contributed by atoms with van der Waals surface area (Å²) in [4.78, 5) is 35.1. The Labute approximate surface area is 265 Å². The molecule has 2 aromatic rings. The molecule has 1 aliphatic carbocycles. The van der Waals surface area contributed by atoms with Gasteiger partial charge < -0.3 is 14.8 Å². The molecule has 14 heteroatoms. The van der Waals surface area contributed by atoms with E-state index in [2.05, 4.69) is 10.3 Å². The molecule has 0 bridgehead atoms. The largest absolute Gasteiger partial charge is 0.463 e. The van der Waals surface area contributed by atoms with Gasteiger partial charge in [0.25, 0.3) is 0 Å². The minimum Gasteiger partial charge on any atom is -0.463 e. The average molecular weight is 667 g/mol. The first kappa shape index (κ1) is 32.5. The highest BCUT2D eigenvalue weighted by atomic mass is 35.5. The van der Waals surface area contributed by atoms with Crippen LogP contribution in [0.4, 0.5) is 4.39 Å². The molecule has 1 N–H and O–H groups in total. The normalized spacial score (nSPS) is 23.4. The van der Waals surface area contributed by atoms with Gasteiger partial charge in [-0.05, 0) is 65.5 Å². The second kappa shape index (κ2) is 12.9. The van der Waals surface area contributed by atoms with Gasteiger partial charge in [0.1, 0.15) is 17.5 Å². The number of rotatable bonds is 8. The zero-order valence-electron chi connectivity index (χ0n) is 25.0. The van der Waals surface area contributed by atoms with Crippen LogP contribution < -0.4 is 5.32 Å². The summed E-state index contributed by atoms with van der Waals surface area (Å²) in [5.41, 5.74) is 0.632. The van der Waals surface area contributed by atoms with E-state index in [0.717, 1.165) is 0 Å². The van der Waals surface area contributed by atoms with Crippen molar-refractivity contribution in [3.8, 4) is 0 Å². The van der Waals surface area contributed by atoms with Crippen LogP contribution in [0.2, 0.25) is 5.02 Å². The Morgan fingerprint density at radius 2 is 1.91 bits per heavy atom. The molecule has 1 aromatic heterocycles. The predicted octanol–water partition coefficient (Wildman–Crippen LogP) is 5.01. The summed E-state index contributed by atoms with van der Waals surface area (Å²) in [6, 6.07) is 3.06. The quantitative estimate of drug-likeness (QED) is 0.390. The van der Waals surface area contributed by atoms with E-state index in [9.17, 15) is 22.4 Å². The van der Waals surface area contributed by atoms with Crippen molar-refractivity contribution < 1.29 is 31.9 Å². The number of halogens is 2. The van der Waals surface area contributed by atoms with Gasteiger partial charge in [-0.15, -0.1) is 11.3 Å². The van der Waals surface area contributed by atoms with E-state index in [-0.39, 0.29) is 55.0 Å². The van der Waals surface area contributed by atoms with Gasteiger partial charge in [0, 0.05) is 46.9 Å². The topological polar surface area (TPSA) is 127 Å². The second-order valence-corrected chi connectivity index (χ2v) is 15.6. The van der Waals surface area contributed by atoms with E-state index in [1.54, 1.807) is 39.3 Å². The van der Waals surface area contributed by atoms with Crippen molar-refractivity contribution in [1.82, 2.24) is 14.6 Å². The number of ether oxygens (including phenoxy) is 2. The summed E-state index contributed by atoms with van der Waals surface area (Å²) in [7, 11) is -3.63. The van der Waals surface area contributed by atoms with Gasteiger partial charge in [-0.25, -0.2) is 26.9 Å². The molecule has 2 fully saturated rings. The summed E-state index contributed by atoms with van der Waals surface area (Å²) in [6.07, 6.45) is 2.99. The third-order valence-corrected chi connectivity index (χ3v) is 11.4. The monoisotopic (exact) mass is 666 g/mol. The van der Waals surface area contributed by atoms with Gasteiger partial charge in [-0.2, -0.15) is 0 Å². The maximum atomic E-state index is 14.0. The zero-order chi connectivity index (χ0) is 31.8. The first-order valence-corrected chi connectivity index (χ1v) is 17.4. The van der Waals surface area contributed by atoms with Gasteiger partial charge in [-0.3, -0.25) is 9.79 Å². The SMILES string of the molecule is CCOC(=O)C1=C(C2CCN(S(=O)(=O)[C@H]3C[C@H](C(=O)OC(C)(C)C)C3)CC2)NC(c2nccs2)=NC1c1ccc(F)cc1Cl. The standard InChI is InChI=1S/C30H36ClFN4O6S2/c1-5-41-29(38)23-24(34-26(27-33-10-13-43-27)35-25(23)21-7-6-19(32)16-22(21)31)17-8-11-36(12-9-17)44(39,40)20-14-18(15-20)28(37)42-30(2,3)4/h6-7,10,13,16-18,20,25H,5,8-9,11-12,14-15H2,1-4H3,(H,34,35)/t18-,20-,25?. The van der Waals surface area contributed by atoms with Gasteiger partial charge in [0.15, 0.2) is 10.8 Å². The second-order valence-electron chi connectivity index (χ2n) is 12.1. The molecule has 3 aliphatic rings. The van der Waals surface area contributed by atoms with E-state index in [1.807, 2.05) is 0 Å². The molecule has 0 spiro atoms. The molecule has 1 saturated heterocycles. The van der Waals surface area contributed by atoms with Crippen molar-refractivity contribution in [2.24, 2.45) is 16.8 Å². The van der Waals surface area contributed by atoms with Crippen LogP contribution >= 0.6 is 22.9 Å². The molecule has 44 heavy (non-hydrogen) atoms. The molecule has 1 saturated carbocycles. The number of thiazole rings is 1. The minimum atomic E-state index is -3.63. The number of esters is 2. The number of nitrogens with one attached hydrogen (secondary N) is 1. The van der Waals surface area contributed by atoms with Crippen LogP contribution in [0.5, 0.6) is 0 Å². The first-order chi connectivity index (χ1) is 20.8. The lowest BCUT2D eigenvalue weighted by atomic mass is 9.85. The van der Waals surface area contributed by atoms with Crippen molar-refractivity contribution in [2.75, 3.05) is 19.7 Å². The molecule has 1 unspecified atom stereocenters. The highest BCUT2D eigenvalue weighted by Gasteiger charge is 2.47. The van der Waals surface area contributed by atoms with Crippen LogP contribution in [0.15, 0.2) is 46.0 Å². The summed E-state index contributed by atoms with van der Waals surface area (Å²) >= 11 is 7.84. The van der Waals surface area contributed by atoms with Gasteiger partial charge in [-0.1, -0.05) is 17.7 Å². The van der Waals surface area contributed by atoms with E-state index >= 15 is 0 Å². The maximum absolute atomic E-state index is 14.0. The molecular formula is C30H36ClFN4O6S2. The van der Waals surface area contributed by atoms with Crippen LogP contribution in [0.1, 0.15) is 70.0 Å². The number of nitrogens with zero attached hydrogens (tertiary/aromatic N) is 3. The number of hydrogen-bond acceptors (Lipinski definition) is 10. The number of carbonyl (C=O) groups is 2. The molecule has 0 radical (unpaired) electrons. The third-order valence-electron chi connectivity index (χ3n) is 7.94. The van der Waals surface area contributed by atoms with Crippen molar-refractivity contribution >= 4 is 50.7 Å². The number of aliphatic imine (C=N–C) groups is 1. The van der Waals surface area contributed by atoms with Crippen LogP contribution in [0, 0.1) is 17.7 Å². The highest BCUT2D eigenvalue weighted by molar-refractivity contribution is 7.89. The Balaban J connectivity index is 1.39. The van der Waals surface area contributed by atoms with Gasteiger partial charge in [0.05, 0.1) is 23.3 Å². The van der Waals surface area contributed by atoms with Crippen LogP contribution in [0.25, 0.3) is 0 Å². The number of benzene rings is 1. The highest BCUT2D eigenvalue weighted by Crippen LogP contribution is 2.42. The molecule has 0 amide bonds. The zero-order valence-corrected chi connectivity index (χ0v) is 27.4. The summed E-state index contributed by atoms with van der Waals surface area (Å²) in [5.74, 6) is -1.68. The van der Waals surface area contributed by atoms with Crippen LogP contribution in [0.3, 0.4) is 0 Å². The van der Waals surface area contributed by atoms with E-state index in [4.69, 9.17) is 26.1 Å². The Hall–Kier alpha value is -2.87. The Morgan fingerprint density at radius 3 is 2.50 bits per heavy atom. The fraction of sp³-hybridized carbons (Fsp3) is 0.533. The first-order valence-electron chi connectivity index (χ1n) is 14.6. The third kappa shape index (κ3) is 6.85. The number of allylic oxidation sites excluding steroid dienone is 1. The molecule has 1 atom stereocenters. The van der Waals surface area contributed by atoms with E-state index in [0.29, 0.717) is 34.9 Å². The van der Waals surface area contributed by atoms with Crippen LogP contribution in [-0.2, 0) is 29.1 Å². The number of aromatic nitrogens is 1. The molecule has 238 valence electrons. The lowest BCUT2D eigenvalue weighted by molar-refractivity contribution is -0.162. The summed E-state index contributed by atoms with van der Waals surface area (Å²) in [6.45, 7) is 7.68. The maximum Gasteiger partial charge on any atom is 0.338 e. The van der Waals surface area contributed by atoms with Crippen molar-refractivity contribution in [2.45, 2.75) is 70.3 Å². The average Bonchev–Trinajstić information content (AvgIpc) is 3.46. The molecule has 3 heterocycles. The molecular weight excluding hydrogens is 631 g/mol. The number of sulfonamides is 1. The minimum absolute atomic E-state index is 0.117. The van der Waals surface area contributed by atoms with Crippen molar-refractivity contribution in [1.29, 1.82) is 0 Å². The van der Waals surface area contributed by atoms with Gasteiger partial charge in [0.2, 0.25) is 10.0 Å².